The van der Waals surface area contributed by atoms with Crippen LogP contribution in [0.3, 0.4) is 0 Å². The molecule has 14 nitrogen and oxygen atoms in total. The summed E-state index contributed by atoms with van der Waals surface area (Å²) in [4.78, 5) is 81.3. The normalized spacial score (nSPS) is 16.1. The molecule has 0 bridgehead atoms. The second-order valence-electron chi connectivity index (χ2n) is 12.4. The van der Waals surface area contributed by atoms with Gasteiger partial charge in [-0.1, -0.05) is 30.3 Å². The van der Waals surface area contributed by atoms with Crippen molar-refractivity contribution in [1.29, 1.82) is 0 Å². The van der Waals surface area contributed by atoms with E-state index in [0.717, 1.165) is 22.0 Å². The van der Waals surface area contributed by atoms with Crippen molar-refractivity contribution in [2.45, 2.75) is 52.5 Å². The number of fused-ring (bicyclic) bond motifs is 2. The molecule has 0 aliphatic carbocycles. The summed E-state index contributed by atoms with van der Waals surface area (Å²) in [6.45, 7) is 5.82. The number of hydrogen-bond acceptors (Lipinski definition) is 11. The molecule has 2 aliphatic rings. The molecule has 1 aromatic heterocycles. The van der Waals surface area contributed by atoms with E-state index < -0.39 is 24.1 Å². The Kier molecular flexibility index (Phi) is 11.4. The van der Waals surface area contributed by atoms with Gasteiger partial charge in [0.05, 0.1) is 23.5 Å². The number of nitrogens with one attached hydrogen (secondary N) is 2. The van der Waals surface area contributed by atoms with Crippen LogP contribution in [0.2, 0.25) is 0 Å². The minimum Gasteiger partial charge on any atom is -0.458 e. The standard InChI is InChI=1S/C37H39N5O9/c1-22(2)42(23(3)45)14-13-27-28-7-5-6-8-31(28)40-34-30(27)17-41(4)32(34)15-29-25(18-43)20-49-36(47)35(29)51-37(48)50-19-24-9-11-26(12-10-24)39-33(46)16-38-21-44/h5-12,15,18,21-22,35H,13-14,16-17,19-20H2,1-4H3,(H,38,44)(H,39,46)/b32-15-. The predicted molar refractivity (Wildman–Crippen MR) is 186 cm³/mol. The van der Waals surface area contributed by atoms with Crippen LogP contribution in [0.4, 0.5) is 10.5 Å². The lowest BCUT2D eigenvalue weighted by atomic mass is 9.96. The van der Waals surface area contributed by atoms with Crippen LogP contribution in [0.15, 0.2) is 65.8 Å². The summed E-state index contributed by atoms with van der Waals surface area (Å²) in [6, 6.07) is 14.2. The fourth-order valence-corrected chi connectivity index (χ4v) is 6.11. The smallest absolute Gasteiger partial charge is 0.458 e. The van der Waals surface area contributed by atoms with Crippen molar-refractivity contribution < 1.29 is 43.0 Å². The quantitative estimate of drug-likeness (QED) is 0.198. The summed E-state index contributed by atoms with van der Waals surface area (Å²) in [5.41, 5.74) is 5.33. The number of nitrogens with zero attached hydrogens (tertiary/aromatic N) is 3. The summed E-state index contributed by atoms with van der Waals surface area (Å²) in [5.74, 6) is -1.29. The first-order valence-electron chi connectivity index (χ1n) is 16.4. The average molecular weight is 698 g/mol. The van der Waals surface area contributed by atoms with Gasteiger partial charge < -0.3 is 34.6 Å². The molecule has 0 radical (unpaired) electrons. The van der Waals surface area contributed by atoms with Gasteiger partial charge in [-0.05, 0) is 55.7 Å². The van der Waals surface area contributed by atoms with Crippen LogP contribution in [0, 0.1) is 0 Å². The summed E-state index contributed by atoms with van der Waals surface area (Å²) >= 11 is 0. The third kappa shape index (κ3) is 8.40. The Labute approximate surface area is 294 Å². The number of esters is 1. The summed E-state index contributed by atoms with van der Waals surface area (Å²) in [6.07, 6.45) is 0.462. The third-order valence-electron chi connectivity index (χ3n) is 8.62. The highest BCUT2D eigenvalue weighted by Gasteiger charge is 2.37. The van der Waals surface area contributed by atoms with Crippen LogP contribution in [-0.2, 0) is 57.8 Å². The molecule has 0 spiro atoms. The number of anilines is 1. The van der Waals surface area contributed by atoms with Gasteiger partial charge >= 0.3 is 12.1 Å². The minimum atomic E-state index is -1.58. The van der Waals surface area contributed by atoms with Gasteiger partial charge in [0.25, 0.3) is 0 Å². The Balaban J connectivity index is 1.38. The first-order chi connectivity index (χ1) is 24.5. The molecular weight excluding hydrogens is 658 g/mol. The number of amides is 3. The number of rotatable bonds is 13. The Bertz CT molecular complexity index is 1920. The van der Waals surface area contributed by atoms with E-state index in [0.29, 0.717) is 54.8 Å². The lowest BCUT2D eigenvalue weighted by molar-refractivity contribution is -0.153. The van der Waals surface area contributed by atoms with Crippen molar-refractivity contribution in [3.8, 4) is 0 Å². The number of carbonyl (C=O) groups is 6. The molecular formula is C37H39N5O9. The topological polar surface area (TPSA) is 174 Å². The zero-order valence-electron chi connectivity index (χ0n) is 28.8. The van der Waals surface area contributed by atoms with Crippen LogP contribution in [-0.4, -0.2) is 90.3 Å². The van der Waals surface area contributed by atoms with Crippen molar-refractivity contribution in [1.82, 2.24) is 20.1 Å². The fourth-order valence-electron chi connectivity index (χ4n) is 6.11. The summed E-state index contributed by atoms with van der Waals surface area (Å²) in [5, 5.41) is 5.85. The van der Waals surface area contributed by atoms with Gasteiger partial charge in [-0.2, -0.15) is 0 Å². The Morgan fingerprint density at radius 1 is 1.12 bits per heavy atom. The Morgan fingerprint density at radius 3 is 2.55 bits per heavy atom. The largest absolute Gasteiger partial charge is 0.509 e. The van der Waals surface area contributed by atoms with E-state index in [2.05, 4.69) is 10.6 Å². The number of benzene rings is 2. The monoisotopic (exact) mass is 697 g/mol. The van der Waals surface area contributed by atoms with E-state index in [1.165, 1.54) is 0 Å². The number of hydrogen-bond donors (Lipinski definition) is 2. The number of pyridine rings is 1. The van der Waals surface area contributed by atoms with Crippen LogP contribution in [0.25, 0.3) is 16.6 Å². The van der Waals surface area contributed by atoms with Crippen LogP contribution in [0.5, 0.6) is 0 Å². The number of aldehydes is 1. The highest BCUT2D eigenvalue weighted by atomic mass is 16.7. The molecule has 2 aliphatic heterocycles. The number of aromatic nitrogens is 1. The van der Waals surface area contributed by atoms with Crippen LogP contribution in [0.1, 0.15) is 43.2 Å². The van der Waals surface area contributed by atoms with E-state index in [1.54, 1.807) is 37.3 Å². The number of para-hydroxylation sites is 1. The third-order valence-corrected chi connectivity index (χ3v) is 8.62. The van der Waals surface area contributed by atoms with Crippen LogP contribution < -0.4 is 10.6 Å². The molecule has 0 saturated carbocycles. The molecule has 0 saturated heterocycles. The van der Waals surface area contributed by atoms with Crippen molar-refractivity contribution in [3.05, 3.63) is 88.1 Å². The maximum absolute atomic E-state index is 13.0. The lowest BCUT2D eigenvalue weighted by Gasteiger charge is -2.26. The van der Waals surface area contributed by atoms with Gasteiger partial charge in [-0.25, -0.2) is 14.6 Å². The highest BCUT2D eigenvalue weighted by Crippen LogP contribution is 2.38. The number of cyclic esters (lactones) is 1. The molecule has 2 aromatic carbocycles. The van der Waals surface area contributed by atoms with E-state index in [-0.39, 0.29) is 42.9 Å². The van der Waals surface area contributed by atoms with Gasteiger partial charge in [0.1, 0.15) is 19.5 Å². The molecule has 2 N–H and O–H groups in total. The average Bonchev–Trinajstić information content (AvgIpc) is 3.41. The van der Waals surface area contributed by atoms with Crippen molar-refractivity contribution in [3.63, 3.8) is 0 Å². The first kappa shape index (κ1) is 36.2. The zero-order chi connectivity index (χ0) is 36.7. The van der Waals surface area contributed by atoms with Gasteiger partial charge in [0.2, 0.25) is 24.3 Å². The Hall–Kier alpha value is -6.05. The molecule has 5 rings (SSSR count). The molecule has 51 heavy (non-hydrogen) atoms. The van der Waals surface area contributed by atoms with Crippen LogP contribution >= 0.6 is 0 Å². The van der Waals surface area contributed by atoms with E-state index >= 15 is 0 Å². The molecule has 3 amide bonds. The zero-order valence-corrected chi connectivity index (χ0v) is 28.8. The van der Waals surface area contributed by atoms with E-state index in [4.69, 9.17) is 19.2 Å². The number of carbonyl (C=O) groups excluding carboxylic acids is 6. The maximum atomic E-state index is 13.0. The fraction of sp³-hybridized carbons (Fsp3) is 0.324. The highest BCUT2D eigenvalue weighted by molar-refractivity contribution is 5.93. The molecule has 14 heteroatoms. The molecule has 1 atom stereocenters. The minimum absolute atomic E-state index is 0.00997. The number of ether oxygens (including phenoxy) is 3. The molecule has 266 valence electrons. The predicted octanol–water partition coefficient (Wildman–Crippen LogP) is 3.28. The van der Waals surface area contributed by atoms with Crippen molar-refractivity contribution in [2.75, 3.05) is 32.1 Å². The SMILES string of the molecule is CC(=O)N(CCc1c2c(nc3ccccc13)/C(=C/C1=C(C=O)COC(=O)C1OC(=O)OCc1ccc(NC(=O)CNC=O)cc1)N(C)C2)C(C)C. The molecule has 3 aromatic rings. The van der Waals surface area contributed by atoms with Gasteiger partial charge in [0.15, 0.2) is 0 Å². The first-order valence-corrected chi connectivity index (χ1v) is 16.4. The second-order valence-corrected chi connectivity index (χ2v) is 12.4. The molecule has 0 fully saturated rings. The van der Waals surface area contributed by atoms with Gasteiger partial charge in [-0.3, -0.25) is 19.2 Å². The second kappa shape index (κ2) is 16.1. The summed E-state index contributed by atoms with van der Waals surface area (Å²) in [7, 11) is 1.86. The van der Waals surface area contributed by atoms with E-state index in [9.17, 15) is 28.8 Å². The molecule has 1 unspecified atom stereocenters. The maximum Gasteiger partial charge on any atom is 0.509 e. The van der Waals surface area contributed by atoms with Crippen molar-refractivity contribution in [2.24, 2.45) is 0 Å². The Morgan fingerprint density at radius 2 is 1.86 bits per heavy atom. The van der Waals surface area contributed by atoms with E-state index in [1.807, 2.05) is 55.0 Å². The van der Waals surface area contributed by atoms with Gasteiger partial charge in [-0.15, -0.1) is 0 Å². The van der Waals surface area contributed by atoms with Gasteiger partial charge in [0, 0.05) is 60.9 Å². The summed E-state index contributed by atoms with van der Waals surface area (Å²) < 4.78 is 15.9. The lowest BCUT2D eigenvalue weighted by Crippen LogP contribution is -2.36. The van der Waals surface area contributed by atoms with Crippen molar-refractivity contribution >= 4 is 58.9 Å². The molecule has 3 heterocycles.